The topological polar surface area (TPSA) is 20.3 Å². The first-order chi connectivity index (χ1) is 10.8. The molecule has 1 heterocycles. The molecule has 1 aliphatic rings. The van der Waals surface area contributed by atoms with Gasteiger partial charge in [0, 0.05) is 5.69 Å². The van der Waals surface area contributed by atoms with Crippen molar-refractivity contribution in [3.8, 4) is 0 Å². The number of rotatable bonds is 5. The van der Waals surface area contributed by atoms with Gasteiger partial charge in [0.15, 0.2) is 0 Å². The highest BCUT2D eigenvalue weighted by Gasteiger charge is 2.33. The highest BCUT2D eigenvalue weighted by molar-refractivity contribution is 8.00. The Balaban J connectivity index is 1.83. The maximum absolute atomic E-state index is 12.3. The molecule has 1 atom stereocenters. The van der Waals surface area contributed by atoms with Crippen LogP contribution in [0.1, 0.15) is 36.3 Å². The zero-order valence-corrected chi connectivity index (χ0v) is 13.7. The zero-order chi connectivity index (χ0) is 15.4. The van der Waals surface area contributed by atoms with E-state index >= 15 is 0 Å². The van der Waals surface area contributed by atoms with Crippen molar-refractivity contribution >= 4 is 23.4 Å². The number of aryl methyl sites for hydroxylation is 1. The Morgan fingerprint density at radius 2 is 1.82 bits per heavy atom. The highest BCUT2D eigenvalue weighted by Crippen LogP contribution is 2.41. The van der Waals surface area contributed by atoms with E-state index in [1.807, 2.05) is 23.1 Å². The summed E-state index contributed by atoms with van der Waals surface area (Å²) in [4.78, 5) is 14.3. The fourth-order valence-electron chi connectivity index (χ4n) is 2.77. The van der Waals surface area contributed by atoms with E-state index < -0.39 is 0 Å². The maximum atomic E-state index is 12.3. The lowest BCUT2D eigenvalue weighted by Crippen LogP contribution is -2.27. The summed E-state index contributed by atoms with van der Waals surface area (Å²) >= 11 is 1.70. The Morgan fingerprint density at radius 3 is 2.50 bits per heavy atom. The summed E-state index contributed by atoms with van der Waals surface area (Å²) in [6.45, 7) is 2.21. The van der Waals surface area contributed by atoms with E-state index in [1.165, 1.54) is 24.0 Å². The van der Waals surface area contributed by atoms with Crippen LogP contribution < -0.4 is 4.90 Å². The van der Waals surface area contributed by atoms with Crippen molar-refractivity contribution in [2.45, 2.75) is 31.6 Å². The Kier molecular flexibility index (Phi) is 4.84. The van der Waals surface area contributed by atoms with E-state index in [1.54, 1.807) is 11.8 Å². The number of amides is 1. The maximum Gasteiger partial charge on any atom is 0.238 e. The van der Waals surface area contributed by atoms with Gasteiger partial charge in [-0.05, 0) is 36.1 Å². The predicted molar refractivity (Wildman–Crippen MR) is 94.2 cm³/mol. The SMILES string of the molecule is CCCCc1ccc(N2C(=O)CSC2c2ccccc2)cc1. The van der Waals surface area contributed by atoms with Crippen LogP contribution in [0.15, 0.2) is 54.6 Å². The molecule has 0 aliphatic carbocycles. The van der Waals surface area contributed by atoms with Gasteiger partial charge in [0.1, 0.15) is 5.37 Å². The van der Waals surface area contributed by atoms with Gasteiger partial charge in [-0.15, -0.1) is 11.8 Å². The van der Waals surface area contributed by atoms with Gasteiger partial charge in [-0.1, -0.05) is 55.8 Å². The summed E-state index contributed by atoms with van der Waals surface area (Å²) in [7, 11) is 0. The molecule has 1 amide bonds. The normalized spacial score (nSPS) is 18.0. The van der Waals surface area contributed by atoms with Crippen molar-refractivity contribution in [1.29, 1.82) is 0 Å². The average Bonchev–Trinajstić information content (AvgIpc) is 2.96. The number of benzene rings is 2. The second kappa shape index (κ2) is 7.01. The molecule has 22 heavy (non-hydrogen) atoms. The standard InChI is InChI=1S/C19H21NOS/c1-2-3-7-15-10-12-17(13-11-15)20-18(21)14-22-19(20)16-8-5-4-6-9-16/h4-6,8-13,19H,2-3,7,14H2,1H3. The van der Waals surface area contributed by atoms with E-state index in [2.05, 4.69) is 43.3 Å². The minimum absolute atomic E-state index is 0.0928. The smallest absolute Gasteiger partial charge is 0.238 e. The third-order valence-electron chi connectivity index (χ3n) is 3.99. The first kappa shape index (κ1) is 15.2. The monoisotopic (exact) mass is 311 g/mol. The van der Waals surface area contributed by atoms with E-state index in [0.29, 0.717) is 5.75 Å². The van der Waals surface area contributed by atoms with Crippen LogP contribution in [-0.4, -0.2) is 11.7 Å². The molecule has 0 saturated carbocycles. The molecule has 2 nitrogen and oxygen atoms in total. The lowest BCUT2D eigenvalue weighted by atomic mass is 10.1. The summed E-state index contributed by atoms with van der Waals surface area (Å²) in [6.07, 6.45) is 3.53. The van der Waals surface area contributed by atoms with Crippen LogP contribution in [0.2, 0.25) is 0 Å². The second-order valence-electron chi connectivity index (χ2n) is 5.61. The number of hydrogen-bond acceptors (Lipinski definition) is 2. The molecule has 2 aromatic rings. The minimum atomic E-state index is 0.0928. The molecule has 1 fully saturated rings. The van der Waals surface area contributed by atoms with E-state index in [0.717, 1.165) is 12.1 Å². The third-order valence-corrected chi connectivity index (χ3v) is 5.20. The van der Waals surface area contributed by atoms with Gasteiger partial charge in [0.25, 0.3) is 0 Å². The average molecular weight is 311 g/mol. The van der Waals surface area contributed by atoms with Crippen molar-refractivity contribution in [2.75, 3.05) is 10.7 Å². The Labute approximate surface area is 136 Å². The summed E-state index contributed by atoms with van der Waals surface area (Å²) in [6, 6.07) is 18.8. The van der Waals surface area contributed by atoms with Crippen LogP contribution in [0.3, 0.4) is 0 Å². The molecule has 0 aromatic heterocycles. The zero-order valence-electron chi connectivity index (χ0n) is 12.9. The number of nitrogens with zero attached hydrogens (tertiary/aromatic N) is 1. The summed E-state index contributed by atoms with van der Waals surface area (Å²) < 4.78 is 0. The number of carbonyl (C=O) groups excluding carboxylic acids is 1. The van der Waals surface area contributed by atoms with Crippen LogP contribution >= 0.6 is 11.8 Å². The largest absolute Gasteiger partial charge is 0.295 e. The number of anilines is 1. The fraction of sp³-hybridized carbons (Fsp3) is 0.316. The Hall–Kier alpha value is -1.74. The van der Waals surface area contributed by atoms with Crippen LogP contribution in [0.5, 0.6) is 0 Å². The molecular formula is C19H21NOS. The molecule has 2 aromatic carbocycles. The van der Waals surface area contributed by atoms with Crippen LogP contribution in [-0.2, 0) is 11.2 Å². The van der Waals surface area contributed by atoms with Gasteiger partial charge in [-0.25, -0.2) is 0 Å². The van der Waals surface area contributed by atoms with E-state index in [9.17, 15) is 4.79 Å². The number of carbonyl (C=O) groups is 1. The molecule has 0 radical (unpaired) electrons. The van der Waals surface area contributed by atoms with Gasteiger partial charge < -0.3 is 0 Å². The second-order valence-corrected chi connectivity index (χ2v) is 6.68. The lowest BCUT2D eigenvalue weighted by Gasteiger charge is -2.24. The molecule has 114 valence electrons. The van der Waals surface area contributed by atoms with Crippen LogP contribution in [0, 0.1) is 0 Å². The van der Waals surface area contributed by atoms with E-state index in [-0.39, 0.29) is 11.3 Å². The van der Waals surface area contributed by atoms with Gasteiger partial charge >= 0.3 is 0 Å². The molecule has 3 rings (SSSR count). The molecular weight excluding hydrogens is 290 g/mol. The van der Waals surface area contributed by atoms with Gasteiger partial charge in [0.2, 0.25) is 5.91 Å². The first-order valence-corrected chi connectivity index (χ1v) is 8.92. The van der Waals surface area contributed by atoms with Crippen LogP contribution in [0.25, 0.3) is 0 Å². The minimum Gasteiger partial charge on any atom is -0.295 e. The number of unbranched alkanes of at least 4 members (excludes halogenated alkanes) is 1. The lowest BCUT2D eigenvalue weighted by molar-refractivity contribution is -0.115. The first-order valence-electron chi connectivity index (χ1n) is 7.87. The molecule has 1 unspecified atom stereocenters. The van der Waals surface area contributed by atoms with Crippen molar-refractivity contribution in [1.82, 2.24) is 0 Å². The summed E-state index contributed by atoms with van der Waals surface area (Å²) in [5, 5.41) is 0.0928. The third kappa shape index (κ3) is 3.20. The number of hydrogen-bond donors (Lipinski definition) is 0. The molecule has 3 heteroatoms. The fourth-order valence-corrected chi connectivity index (χ4v) is 3.95. The van der Waals surface area contributed by atoms with E-state index in [4.69, 9.17) is 0 Å². The van der Waals surface area contributed by atoms with Gasteiger partial charge in [-0.2, -0.15) is 0 Å². The van der Waals surface area contributed by atoms with Crippen molar-refractivity contribution in [2.24, 2.45) is 0 Å². The van der Waals surface area contributed by atoms with Crippen molar-refractivity contribution in [3.63, 3.8) is 0 Å². The van der Waals surface area contributed by atoms with Crippen LogP contribution in [0.4, 0.5) is 5.69 Å². The molecule has 1 aliphatic heterocycles. The molecule has 0 spiro atoms. The van der Waals surface area contributed by atoms with Gasteiger partial charge in [-0.3, -0.25) is 9.69 Å². The highest BCUT2D eigenvalue weighted by atomic mass is 32.2. The quantitative estimate of drug-likeness (QED) is 0.790. The van der Waals surface area contributed by atoms with Crippen molar-refractivity contribution < 1.29 is 4.79 Å². The predicted octanol–water partition coefficient (Wildman–Crippen LogP) is 4.81. The van der Waals surface area contributed by atoms with Crippen molar-refractivity contribution in [3.05, 3.63) is 65.7 Å². The van der Waals surface area contributed by atoms with Gasteiger partial charge in [0.05, 0.1) is 5.75 Å². The Bertz CT molecular complexity index is 624. The molecule has 0 N–H and O–H groups in total. The molecule has 1 saturated heterocycles. The Morgan fingerprint density at radius 1 is 1.09 bits per heavy atom. The number of thioether (sulfide) groups is 1. The molecule has 0 bridgehead atoms. The summed E-state index contributed by atoms with van der Waals surface area (Å²) in [5.74, 6) is 0.747. The summed E-state index contributed by atoms with van der Waals surface area (Å²) in [5.41, 5.74) is 3.54.